The van der Waals surface area contributed by atoms with Crippen LogP contribution in [0.15, 0.2) is 34.0 Å². The van der Waals surface area contributed by atoms with Crippen LogP contribution in [0.5, 0.6) is 17.2 Å². The van der Waals surface area contributed by atoms with Gasteiger partial charge in [0.05, 0.1) is 31.8 Å². The second-order valence-corrected chi connectivity index (χ2v) is 11.5. The van der Waals surface area contributed by atoms with E-state index in [0.717, 1.165) is 5.56 Å². The van der Waals surface area contributed by atoms with Gasteiger partial charge in [-0.25, -0.2) is 0 Å². The number of thioether (sulfide) groups is 1. The zero-order chi connectivity index (χ0) is 33.7. The van der Waals surface area contributed by atoms with Gasteiger partial charge in [-0.3, -0.25) is 24.0 Å². The Morgan fingerprint density at radius 3 is 2.13 bits per heavy atom. The van der Waals surface area contributed by atoms with E-state index in [1.165, 1.54) is 53.7 Å². The lowest BCUT2D eigenvalue weighted by Gasteiger charge is -2.40. The maximum absolute atomic E-state index is 13.1. The van der Waals surface area contributed by atoms with Crippen LogP contribution in [0.2, 0.25) is 0 Å². The van der Waals surface area contributed by atoms with E-state index in [2.05, 4.69) is 5.32 Å². The predicted octanol–water partition coefficient (Wildman–Crippen LogP) is 3.11. The summed E-state index contributed by atoms with van der Waals surface area (Å²) in [5.74, 6) is -1.70. The van der Waals surface area contributed by atoms with Crippen LogP contribution in [0, 0.1) is 0 Å². The highest BCUT2D eigenvalue weighted by Crippen LogP contribution is 2.51. The lowest BCUT2D eigenvalue weighted by atomic mass is 9.95. The van der Waals surface area contributed by atoms with Crippen LogP contribution in [-0.2, 0) is 44.5 Å². The summed E-state index contributed by atoms with van der Waals surface area (Å²) >= 11 is 1.32. The van der Waals surface area contributed by atoms with Gasteiger partial charge in [0.2, 0.25) is 24.1 Å². The number of nitrogens with one attached hydrogen (secondary N) is 1. The summed E-state index contributed by atoms with van der Waals surface area (Å²) in [6, 6.07) is 6.35. The van der Waals surface area contributed by atoms with Crippen molar-refractivity contribution in [2.24, 2.45) is 0 Å². The Labute approximate surface area is 270 Å². The molecule has 2 aromatic carbocycles. The zero-order valence-electron chi connectivity index (χ0n) is 26.6. The van der Waals surface area contributed by atoms with Crippen LogP contribution in [0.1, 0.15) is 51.3 Å². The summed E-state index contributed by atoms with van der Waals surface area (Å²) in [6.45, 7) is 4.71. The van der Waals surface area contributed by atoms with Gasteiger partial charge in [0.15, 0.2) is 29.1 Å². The minimum Gasteiger partial charge on any atom is -0.492 e. The summed E-state index contributed by atoms with van der Waals surface area (Å²) in [5, 5.41) is 2.97. The molecule has 46 heavy (non-hydrogen) atoms. The first-order valence-corrected chi connectivity index (χ1v) is 15.7. The number of carbonyl (C=O) groups is 4. The van der Waals surface area contributed by atoms with E-state index in [1.54, 1.807) is 18.2 Å². The molecule has 0 spiro atoms. The Morgan fingerprint density at radius 2 is 1.54 bits per heavy atom. The monoisotopic (exact) mass is 659 g/mol. The van der Waals surface area contributed by atoms with E-state index in [-0.39, 0.29) is 29.4 Å². The van der Waals surface area contributed by atoms with E-state index in [0.29, 0.717) is 40.2 Å². The summed E-state index contributed by atoms with van der Waals surface area (Å²) in [5.41, 5.74) is 2.50. The average Bonchev–Trinajstić information content (AvgIpc) is 3.22. The molecule has 1 saturated heterocycles. The molecule has 1 amide bonds. The number of carbonyl (C=O) groups excluding carboxylic acids is 4. The maximum Gasteiger partial charge on any atom is 0.303 e. The second-order valence-electron chi connectivity index (χ2n) is 10.7. The number of amides is 1. The lowest BCUT2D eigenvalue weighted by Crippen LogP contribution is -2.59. The number of methoxy groups -OCH3 is 2. The van der Waals surface area contributed by atoms with Crippen molar-refractivity contribution >= 4 is 35.6 Å². The largest absolute Gasteiger partial charge is 0.492 e. The highest BCUT2D eigenvalue weighted by atomic mass is 32.2. The van der Waals surface area contributed by atoms with Crippen molar-refractivity contribution in [3.63, 3.8) is 0 Å². The topological polar surface area (TPSA) is 162 Å². The fraction of sp³-hybridized carbons (Fsp3) is 0.469. The van der Waals surface area contributed by atoms with E-state index < -0.39 is 48.6 Å². The van der Waals surface area contributed by atoms with Crippen LogP contribution in [-0.4, -0.2) is 75.5 Å². The van der Waals surface area contributed by atoms with Crippen molar-refractivity contribution < 1.29 is 52.3 Å². The molecular formula is C32H37NO12S. The van der Waals surface area contributed by atoms with E-state index in [9.17, 15) is 24.0 Å². The summed E-state index contributed by atoms with van der Waals surface area (Å²) < 4.78 is 40.1. The minimum atomic E-state index is -1.33. The van der Waals surface area contributed by atoms with Crippen molar-refractivity contribution in [1.29, 1.82) is 0 Å². The molecule has 2 aliphatic rings. The highest BCUT2D eigenvalue weighted by Gasteiger charge is 2.48. The molecule has 1 fully saturated rings. The van der Waals surface area contributed by atoms with E-state index in [4.69, 9.17) is 33.2 Å². The SMILES string of the molecule is COc1c(O[C@@H]2OC[C@@H](OC(C)=O)[C@H](OC(C)=O)[C@H]2OC(C)=O)cc2c(c1OC)-c1ccc(SC)c(=O)cc1[C@@H](NC(C)=O)CC2. The molecule has 1 heterocycles. The van der Waals surface area contributed by atoms with Crippen molar-refractivity contribution in [3.05, 3.63) is 45.6 Å². The number of hydrogen-bond acceptors (Lipinski definition) is 13. The normalized spacial score (nSPS) is 21.8. The van der Waals surface area contributed by atoms with Crippen LogP contribution in [0.3, 0.4) is 0 Å². The van der Waals surface area contributed by atoms with Crippen LogP contribution in [0.4, 0.5) is 0 Å². The molecule has 0 saturated carbocycles. The Hall–Kier alpha value is -4.30. The Bertz CT molecular complexity index is 1580. The zero-order valence-corrected chi connectivity index (χ0v) is 27.4. The first-order chi connectivity index (χ1) is 21.9. The minimum absolute atomic E-state index is 0.155. The summed E-state index contributed by atoms with van der Waals surface area (Å²) in [6.07, 6.45) is -2.29. The summed E-state index contributed by atoms with van der Waals surface area (Å²) in [7, 11) is 2.89. The molecule has 0 aromatic heterocycles. The number of rotatable bonds is 9. The molecule has 13 nitrogen and oxygen atoms in total. The molecular weight excluding hydrogens is 622 g/mol. The number of hydrogen-bond donors (Lipinski definition) is 1. The number of ether oxygens (including phenoxy) is 7. The molecule has 1 N–H and O–H groups in total. The number of benzene rings is 1. The first-order valence-electron chi connectivity index (χ1n) is 14.5. The van der Waals surface area contributed by atoms with Gasteiger partial charge in [-0.05, 0) is 54.0 Å². The fourth-order valence-electron chi connectivity index (χ4n) is 5.73. The maximum atomic E-state index is 13.1. The molecule has 1 aliphatic carbocycles. The van der Waals surface area contributed by atoms with Crippen molar-refractivity contribution in [1.82, 2.24) is 5.32 Å². The predicted molar refractivity (Wildman–Crippen MR) is 165 cm³/mol. The third-order valence-electron chi connectivity index (χ3n) is 7.43. The third kappa shape index (κ3) is 7.56. The van der Waals surface area contributed by atoms with Crippen molar-refractivity contribution in [3.8, 4) is 28.4 Å². The first kappa shape index (κ1) is 34.6. The van der Waals surface area contributed by atoms with E-state index >= 15 is 0 Å². The van der Waals surface area contributed by atoms with Crippen molar-refractivity contribution in [2.75, 3.05) is 27.1 Å². The average molecular weight is 660 g/mol. The Morgan fingerprint density at radius 1 is 0.891 bits per heavy atom. The van der Waals surface area contributed by atoms with Gasteiger partial charge in [-0.15, -0.1) is 11.8 Å². The molecule has 4 rings (SSSR count). The molecule has 14 heteroatoms. The lowest BCUT2D eigenvalue weighted by molar-refractivity contribution is -0.260. The third-order valence-corrected chi connectivity index (χ3v) is 8.20. The van der Waals surface area contributed by atoms with Gasteiger partial charge in [-0.2, -0.15) is 0 Å². The number of fused-ring (bicyclic) bond motifs is 3. The van der Waals surface area contributed by atoms with Gasteiger partial charge < -0.3 is 38.5 Å². The molecule has 0 radical (unpaired) electrons. The molecule has 2 aromatic rings. The van der Waals surface area contributed by atoms with Crippen LogP contribution >= 0.6 is 11.8 Å². The van der Waals surface area contributed by atoms with Gasteiger partial charge in [0, 0.05) is 33.3 Å². The smallest absolute Gasteiger partial charge is 0.303 e. The molecule has 5 atom stereocenters. The van der Waals surface area contributed by atoms with Gasteiger partial charge >= 0.3 is 17.9 Å². The fourth-order valence-corrected chi connectivity index (χ4v) is 6.20. The van der Waals surface area contributed by atoms with Gasteiger partial charge in [0.25, 0.3) is 0 Å². The quantitative estimate of drug-likeness (QED) is 0.238. The highest BCUT2D eigenvalue weighted by molar-refractivity contribution is 7.98. The molecule has 0 bridgehead atoms. The second kappa shape index (κ2) is 14.9. The van der Waals surface area contributed by atoms with Gasteiger partial charge in [0.1, 0.15) is 0 Å². The molecule has 248 valence electrons. The van der Waals surface area contributed by atoms with E-state index in [1.807, 2.05) is 12.3 Å². The summed E-state index contributed by atoms with van der Waals surface area (Å²) in [4.78, 5) is 61.8. The standard InChI is InChI=1S/C32H37NO12S/c1-15(34)33-22-10-8-19-12-24(28(39-5)30(40-6)27(19)20-9-11-26(46-7)23(38)13-21(20)22)45-32-31(44-18(4)37)29(43-17(3)36)25(14-41-32)42-16(2)35/h9,11-13,22,25,29,31-32H,8,10,14H2,1-7H3,(H,33,34)/t22-,25+,29-,31+,32-/m0/s1. The molecule has 1 aliphatic heterocycles. The Balaban J connectivity index is 1.87. The van der Waals surface area contributed by atoms with Crippen LogP contribution < -0.4 is 25.0 Å². The Kier molecular flexibility index (Phi) is 11.2. The molecule has 0 unspecified atom stereocenters. The van der Waals surface area contributed by atoms with Gasteiger partial charge in [-0.1, -0.05) is 6.07 Å². The van der Waals surface area contributed by atoms with Crippen molar-refractivity contribution in [2.45, 2.75) is 76.1 Å². The van der Waals surface area contributed by atoms with Crippen LogP contribution in [0.25, 0.3) is 11.1 Å². The number of aryl methyl sites for hydroxylation is 1. The number of esters is 3.